The Morgan fingerprint density at radius 1 is 1.64 bits per heavy atom. The van der Waals surface area contributed by atoms with Crippen LogP contribution in [0.1, 0.15) is 19.8 Å². The molecular weight excluding hydrogens is 142 g/mol. The van der Waals surface area contributed by atoms with Crippen LogP contribution in [-0.4, -0.2) is 19.1 Å². The lowest BCUT2D eigenvalue weighted by Crippen LogP contribution is -2.30. The van der Waals surface area contributed by atoms with Gasteiger partial charge in [-0.25, -0.2) is 4.79 Å². The van der Waals surface area contributed by atoms with E-state index in [0.29, 0.717) is 19.0 Å². The Hall–Kier alpha value is -0.770. The second-order valence-electron chi connectivity index (χ2n) is 2.77. The van der Waals surface area contributed by atoms with Gasteiger partial charge in [0.25, 0.3) is 0 Å². The van der Waals surface area contributed by atoms with Crippen LogP contribution >= 0.6 is 0 Å². The number of primary amides is 1. The van der Waals surface area contributed by atoms with E-state index in [0.717, 1.165) is 12.8 Å². The van der Waals surface area contributed by atoms with Crippen molar-refractivity contribution in [1.29, 1.82) is 0 Å². The molecule has 66 valence electrons. The summed E-state index contributed by atoms with van der Waals surface area (Å²) in [6.07, 6.45) is 1.98. The molecule has 0 aliphatic carbocycles. The minimum absolute atomic E-state index is 0.453. The second-order valence-corrected chi connectivity index (χ2v) is 2.77. The van der Waals surface area contributed by atoms with E-state index in [9.17, 15) is 4.79 Å². The highest BCUT2D eigenvalue weighted by Gasteiger charge is 1.98. The average molecular weight is 159 g/mol. The van der Waals surface area contributed by atoms with Gasteiger partial charge in [0.05, 0.1) is 0 Å². The Balaban J connectivity index is 3.08. The van der Waals surface area contributed by atoms with Crippen molar-refractivity contribution < 1.29 is 4.79 Å². The first-order chi connectivity index (χ1) is 5.16. The molecule has 11 heavy (non-hydrogen) atoms. The fourth-order valence-corrected chi connectivity index (χ4v) is 0.780. The first-order valence-corrected chi connectivity index (χ1v) is 3.90. The highest BCUT2D eigenvalue weighted by atomic mass is 16.2. The molecule has 0 fully saturated rings. The highest BCUT2D eigenvalue weighted by Crippen LogP contribution is 2.01. The lowest BCUT2D eigenvalue weighted by Gasteiger charge is -2.07. The van der Waals surface area contributed by atoms with Crippen LogP contribution in [0.25, 0.3) is 0 Å². The second kappa shape index (κ2) is 5.97. The molecule has 0 radical (unpaired) electrons. The molecule has 0 aromatic carbocycles. The van der Waals surface area contributed by atoms with Crippen molar-refractivity contribution in [3.63, 3.8) is 0 Å². The van der Waals surface area contributed by atoms with Crippen LogP contribution in [0.4, 0.5) is 4.79 Å². The molecule has 2 amide bonds. The quantitative estimate of drug-likeness (QED) is 0.495. The SMILES string of the molecule is CC(CN)CCCNC(N)=O. The third kappa shape index (κ3) is 7.12. The maximum Gasteiger partial charge on any atom is 0.312 e. The van der Waals surface area contributed by atoms with Gasteiger partial charge in [0.2, 0.25) is 0 Å². The predicted octanol–water partition coefficient (Wildman–Crippen LogP) is 0.0297. The number of urea groups is 1. The smallest absolute Gasteiger partial charge is 0.312 e. The van der Waals surface area contributed by atoms with Crippen molar-refractivity contribution >= 4 is 6.03 Å². The van der Waals surface area contributed by atoms with Crippen LogP contribution in [0.2, 0.25) is 0 Å². The van der Waals surface area contributed by atoms with Crippen molar-refractivity contribution in [3.8, 4) is 0 Å². The Labute approximate surface area is 67.3 Å². The fourth-order valence-electron chi connectivity index (χ4n) is 0.780. The Bertz CT molecular complexity index is 116. The van der Waals surface area contributed by atoms with Gasteiger partial charge in [-0.15, -0.1) is 0 Å². The van der Waals surface area contributed by atoms with Crippen LogP contribution in [0.5, 0.6) is 0 Å². The molecule has 1 unspecified atom stereocenters. The number of carbonyl (C=O) groups excluding carboxylic acids is 1. The van der Waals surface area contributed by atoms with Gasteiger partial charge in [-0.05, 0) is 25.3 Å². The third-order valence-electron chi connectivity index (χ3n) is 1.58. The van der Waals surface area contributed by atoms with Gasteiger partial charge in [-0.1, -0.05) is 6.92 Å². The molecular formula is C7H17N3O. The van der Waals surface area contributed by atoms with E-state index in [1.165, 1.54) is 0 Å². The molecule has 0 saturated carbocycles. The highest BCUT2D eigenvalue weighted by molar-refractivity contribution is 5.71. The minimum Gasteiger partial charge on any atom is -0.352 e. The summed E-state index contributed by atoms with van der Waals surface area (Å²) in [5.41, 5.74) is 10.3. The summed E-state index contributed by atoms with van der Waals surface area (Å²) in [6.45, 7) is 3.44. The van der Waals surface area contributed by atoms with Gasteiger partial charge < -0.3 is 16.8 Å². The first-order valence-electron chi connectivity index (χ1n) is 3.90. The summed E-state index contributed by atoms with van der Waals surface area (Å²) in [6, 6.07) is -0.453. The zero-order chi connectivity index (χ0) is 8.69. The van der Waals surface area contributed by atoms with Crippen molar-refractivity contribution in [2.24, 2.45) is 17.4 Å². The van der Waals surface area contributed by atoms with E-state index < -0.39 is 6.03 Å². The topological polar surface area (TPSA) is 81.1 Å². The lowest BCUT2D eigenvalue weighted by molar-refractivity contribution is 0.248. The number of hydrogen-bond acceptors (Lipinski definition) is 2. The van der Waals surface area contributed by atoms with Crippen molar-refractivity contribution in [1.82, 2.24) is 5.32 Å². The summed E-state index contributed by atoms with van der Waals surface area (Å²) in [5.74, 6) is 0.532. The van der Waals surface area contributed by atoms with E-state index in [1.54, 1.807) is 0 Å². The molecule has 0 aromatic rings. The largest absolute Gasteiger partial charge is 0.352 e. The van der Waals surface area contributed by atoms with Crippen molar-refractivity contribution in [2.45, 2.75) is 19.8 Å². The Kier molecular flexibility index (Phi) is 5.56. The molecule has 0 rings (SSSR count). The van der Waals surface area contributed by atoms with Crippen LogP contribution < -0.4 is 16.8 Å². The predicted molar refractivity (Wildman–Crippen MR) is 45.0 cm³/mol. The van der Waals surface area contributed by atoms with Crippen LogP contribution in [0.15, 0.2) is 0 Å². The zero-order valence-electron chi connectivity index (χ0n) is 6.97. The number of nitrogens with two attached hydrogens (primary N) is 2. The number of hydrogen-bond donors (Lipinski definition) is 3. The molecule has 0 spiro atoms. The van der Waals surface area contributed by atoms with Crippen LogP contribution in [-0.2, 0) is 0 Å². The summed E-state index contributed by atoms with van der Waals surface area (Å²) in [5, 5.41) is 2.52. The zero-order valence-corrected chi connectivity index (χ0v) is 6.97. The van der Waals surface area contributed by atoms with Gasteiger partial charge in [0.15, 0.2) is 0 Å². The van der Waals surface area contributed by atoms with Crippen molar-refractivity contribution in [2.75, 3.05) is 13.1 Å². The molecule has 1 atom stereocenters. The van der Waals surface area contributed by atoms with E-state index in [-0.39, 0.29) is 0 Å². The van der Waals surface area contributed by atoms with Gasteiger partial charge >= 0.3 is 6.03 Å². The summed E-state index contributed by atoms with van der Waals surface area (Å²) < 4.78 is 0. The summed E-state index contributed by atoms with van der Waals surface area (Å²) in [7, 11) is 0. The van der Waals surface area contributed by atoms with Gasteiger partial charge in [-0.2, -0.15) is 0 Å². The molecule has 4 nitrogen and oxygen atoms in total. The Morgan fingerprint density at radius 3 is 2.73 bits per heavy atom. The van der Waals surface area contributed by atoms with Gasteiger partial charge in [0.1, 0.15) is 0 Å². The van der Waals surface area contributed by atoms with Crippen LogP contribution in [0.3, 0.4) is 0 Å². The number of nitrogens with one attached hydrogen (secondary N) is 1. The summed E-state index contributed by atoms with van der Waals surface area (Å²) >= 11 is 0. The number of rotatable bonds is 5. The molecule has 0 saturated heterocycles. The molecule has 5 N–H and O–H groups in total. The molecule has 0 aliphatic rings. The molecule has 0 bridgehead atoms. The molecule has 0 aliphatic heterocycles. The van der Waals surface area contributed by atoms with Crippen LogP contribution in [0, 0.1) is 5.92 Å². The number of carbonyl (C=O) groups is 1. The lowest BCUT2D eigenvalue weighted by atomic mass is 10.1. The monoisotopic (exact) mass is 159 g/mol. The maximum atomic E-state index is 10.2. The first kappa shape index (κ1) is 10.2. The van der Waals surface area contributed by atoms with E-state index in [4.69, 9.17) is 11.5 Å². The van der Waals surface area contributed by atoms with Crippen molar-refractivity contribution in [3.05, 3.63) is 0 Å². The van der Waals surface area contributed by atoms with Gasteiger partial charge in [-0.3, -0.25) is 0 Å². The normalized spacial score (nSPS) is 12.5. The molecule has 4 heteroatoms. The van der Waals surface area contributed by atoms with E-state index >= 15 is 0 Å². The standard InChI is InChI=1S/C7H17N3O/c1-6(5-8)3-2-4-10-7(9)11/h6H,2-5,8H2,1H3,(H3,9,10,11). The Morgan fingerprint density at radius 2 is 2.27 bits per heavy atom. The average Bonchev–Trinajstić information content (AvgIpc) is 1.97. The fraction of sp³-hybridized carbons (Fsp3) is 0.857. The number of amides is 2. The van der Waals surface area contributed by atoms with Gasteiger partial charge in [0, 0.05) is 6.54 Å². The van der Waals surface area contributed by atoms with E-state index in [1.807, 2.05) is 0 Å². The minimum atomic E-state index is -0.453. The molecule has 0 heterocycles. The molecule has 0 aromatic heterocycles. The maximum absolute atomic E-state index is 10.2. The summed E-state index contributed by atoms with van der Waals surface area (Å²) in [4.78, 5) is 10.2. The van der Waals surface area contributed by atoms with E-state index in [2.05, 4.69) is 12.2 Å². The third-order valence-corrected chi connectivity index (χ3v) is 1.58.